The molecule has 5 aromatic carbocycles. The summed E-state index contributed by atoms with van der Waals surface area (Å²) >= 11 is 4.70. The molecule has 0 fully saturated rings. The van der Waals surface area contributed by atoms with Crippen molar-refractivity contribution < 1.29 is 48.2 Å². The first-order valence-electron chi connectivity index (χ1n) is 42.6. The van der Waals surface area contributed by atoms with Crippen molar-refractivity contribution in [3.05, 3.63) is 96.1 Å². The Morgan fingerprint density at radius 3 is 0.936 bits per heavy atom. The molecule has 0 unspecified atom stereocenters. The maximum atomic E-state index is 14.0. The van der Waals surface area contributed by atoms with Crippen molar-refractivity contribution >= 4 is 99.6 Å². The van der Waals surface area contributed by atoms with Crippen LogP contribution >= 0.6 is 34.4 Å². The molecule has 592 valence electrons. The summed E-state index contributed by atoms with van der Waals surface area (Å²) in [5.74, 6) is 0.603. The number of benzene rings is 5. The second kappa shape index (κ2) is 45.9. The quantitative estimate of drug-likeness (QED) is 0.0211. The number of aryl methyl sites for hydroxylation is 2. The number of phenolic OH excluding ortho intramolecular Hbond substituents is 2. The number of hydrogen-bond acceptors (Lipinski definition) is 15. The van der Waals surface area contributed by atoms with Gasteiger partial charge in [0.1, 0.15) is 22.5 Å². The number of phenols is 2. The summed E-state index contributed by atoms with van der Waals surface area (Å²) < 4.78 is 54.4. The van der Waals surface area contributed by atoms with Crippen LogP contribution in [0, 0.1) is 0 Å². The number of fused-ring (bicyclic) bond motifs is 10. The number of ether oxygens (including phenoxy) is 6. The molecule has 0 bridgehead atoms. The Morgan fingerprint density at radius 1 is 0.358 bits per heavy atom. The molecule has 0 saturated carbocycles. The molecule has 0 aliphatic heterocycles. The lowest BCUT2D eigenvalue weighted by Crippen LogP contribution is -2.10. The zero-order valence-corrected chi connectivity index (χ0v) is 69.2. The molecule has 5 aromatic heterocycles. The smallest absolute Gasteiger partial charge is 0.343 e. The van der Waals surface area contributed by atoms with E-state index < -0.39 is 11.9 Å². The van der Waals surface area contributed by atoms with Gasteiger partial charge in [-0.25, -0.2) is 9.59 Å². The highest BCUT2D eigenvalue weighted by molar-refractivity contribution is 7.24. The molecular weight excluding hydrogens is 1420 g/mol. The van der Waals surface area contributed by atoms with Crippen molar-refractivity contribution in [2.45, 2.75) is 311 Å². The fraction of sp³-hybridized carbons (Fsp3) is 0.565. The standard InChI is InChI=1S/C92H126N4O10S3/c1-7-13-17-21-25-29-33-37-41-45-57-101-77-63-69(61-75(97)87(77)103-59-47-43-39-35-31-27-23-19-15-9-3)91(99)105-71-53-49-67(50-54-71)79-65-73-89(107-79)81-83-84(94-109-93-83)82-86(85(81)95(73)11-5)96(12-6)74-66-80(108-90(74)82)68-51-55-72(56-52-68)106-92(100)70-62-76(98)88(104-60-48-44-40-36-32-28-24-20-16-10-4)78(64-70)102-58-46-42-38-34-30-26-22-18-14-8-2/h49-56,61-66,97-98H,7-48,57-60H2,1-6H3. The van der Waals surface area contributed by atoms with E-state index in [1.807, 2.05) is 48.5 Å². The van der Waals surface area contributed by atoms with Gasteiger partial charge in [-0.05, 0) is 136 Å². The van der Waals surface area contributed by atoms with Crippen LogP contribution in [0.25, 0.3) is 74.2 Å². The second-order valence-electron chi connectivity index (χ2n) is 30.1. The van der Waals surface area contributed by atoms with Crippen LogP contribution in [0.4, 0.5) is 0 Å². The molecule has 17 heteroatoms. The highest BCUT2D eigenvalue weighted by Gasteiger charge is 2.29. The maximum absolute atomic E-state index is 14.0. The van der Waals surface area contributed by atoms with Gasteiger partial charge in [0.25, 0.3) is 0 Å². The van der Waals surface area contributed by atoms with Gasteiger partial charge >= 0.3 is 11.9 Å². The minimum Gasteiger partial charge on any atom is -0.504 e. The summed E-state index contributed by atoms with van der Waals surface area (Å²) in [6, 6.07) is 26.0. The molecule has 109 heavy (non-hydrogen) atoms. The number of rotatable bonds is 56. The first-order chi connectivity index (χ1) is 53.6. The Hall–Kier alpha value is -7.34. The minimum absolute atomic E-state index is 0.134. The highest BCUT2D eigenvalue weighted by atomic mass is 32.1. The van der Waals surface area contributed by atoms with E-state index in [2.05, 4.69) is 62.8 Å². The Balaban J connectivity index is 0.801. The molecular formula is C92H126N4O10S3. The van der Waals surface area contributed by atoms with Crippen LogP contribution in [0.2, 0.25) is 0 Å². The number of aromatic nitrogens is 4. The third-order valence-corrected chi connectivity index (χ3v) is 24.4. The van der Waals surface area contributed by atoms with Crippen molar-refractivity contribution in [3.63, 3.8) is 0 Å². The van der Waals surface area contributed by atoms with E-state index in [-0.39, 0.29) is 34.1 Å². The zero-order chi connectivity index (χ0) is 76.4. The molecule has 0 aliphatic carbocycles. The average molecular weight is 1540 g/mol. The van der Waals surface area contributed by atoms with Crippen molar-refractivity contribution in [2.24, 2.45) is 0 Å². The number of thiophene rings is 2. The molecule has 14 nitrogen and oxygen atoms in total. The molecule has 0 atom stereocenters. The Bertz CT molecular complexity index is 4100. The van der Waals surface area contributed by atoms with Crippen LogP contribution in [0.3, 0.4) is 0 Å². The molecule has 10 aromatic rings. The van der Waals surface area contributed by atoms with Crippen molar-refractivity contribution in [1.29, 1.82) is 0 Å². The van der Waals surface area contributed by atoms with E-state index in [1.54, 1.807) is 34.8 Å². The maximum Gasteiger partial charge on any atom is 0.343 e. The van der Waals surface area contributed by atoms with Gasteiger partial charge in [0.15, 0.2) is 23.0 Å². The molecule has 5 heterocycles. The third kappa shape index (κ3) is 23.9. The molecule has 10 rings (SSSR count). The lowest BCUT2D eigenvalue weighted by Gasteiger charge is -2.16. The van der Waals surface area contributed by atoms with E-state index in [0.717, 1.165) is 164 Å². The van der Waals surface area contributed by atoms with Crippen LogP contribution in [0.1, 0.15) is 319 Å². The van der Waals surface area contributed by atoms with Crippen molar-refractivity contribution in [3.8, 4) is 66.9 Å². The minimum atomic E-state index is -0.594. The van der Waals surface area contributed by atoms with E-state index in [4.69, 9.17) is 37.2 Å². The van der Waals surface area contributed by atoms with Crippen LogP contribution in [-0.2, 0) is 13.1 Å². The summed E-state index contributed by atoms with van der Waals surface area (Å²) in [5, 5.41) is 25.1. The number of nitrogens with zero attached hydrogens (tertiary/aromatic N) is 4. The third-order valence-electron chi connectivity index (χ3n) is 21.5. The molecule has 0 spiro atoms. The van der Waals surface area contributed by atoms with E-state index in [1.165, 1.54) is 204 Å². The second-order valence-corrected chi connectivity index (χ2v) is 32.8. The summed E-state index contributed by atoms with van der Waals surface area (Å²) in [5.41, 5.74) is 8.66. The highest BCUT2D eigenvalue weighted by Crippen LogP contribution is 2.51. The number of carbonyl (C=O) groups is 2. The Labute approximate surface area is 662 Å². The normalized spacial score (nSPS) is 11.8. The van der Waals surface area contributed by atoms with Crippen LogP contribution in [0.15, 0.2) is 84.9 Å². The van der Waals surface area contributed by atoms with E-state index in [9.17, 15) is 19.8 Å². The van der Waals surface area contributed by atoms with Crippen LogP contribution in [-0.4, -0.2) is 66.5 Å². The van der Waals surface area contributed by atoms with E-state index >= 15 is 0 Å². The van der Waals surface area contributed by atoms with Gasteiger partial charge in [0.2, 0.25) is 11.5 Å². The largest absolute Gasteiger partial charge is 0.504 e. The van der Waals surface area contributed by atoms with Gasteiger partial charge in [-0.15, -0.1) is 22.7 Å². The summed E-state index contributed by atoms with van der Waals surface area (Å²) in [4.78, 5) is 30.1. The lowest BCUT2D eigenvalue weighted by molar-refractivity contribution is 0.0724. The van der Waals surface area contributed by atoms with Gasteiger partial charge in [-0.2, -0.15) is 8.75 Å². The SMILES string of the molecule is CCCCCCCCCCCCOc1cc(C(=O)Oc2ccc(-c3cc4c(s3)c3c5nsnc5c5c6sc(-c7ccc(OC(=O)c8cc(O)c(OCCCCCCCCCCCC)c(OCCCCCCCCCCCC)c8)cc7)cc6n(CC)c5c3n4CC)cc2)cc(O)c1OCCCCCCCCCCCC. The molecule has 0 aliphatic rings. The first-order valence-corrected chi connectivity index (χ1v) is 45.0. The zero-order valence-electron chi connectivity index (χ0n) is 66.8. The van der Waals surface area contributed by atoms with Gasteiger partial charge in [0.05, 0.1) is 80.7 Å². The van der Waals surface area contributed by atoms with Crippen molar-refractivity contribution in [1.82, 2.24) is 17.9 Å². The number of aromatic hydroxyl groups is 2. The molecule has 2 N–H and O–H groups in total. The number of hydrogen-bond donors (Lipinski definition) is 2. The molecule has 0 amide bonds. The van der Waals surface area contributed by atoms with Gasteiger partial charge in [-0.3, -0.25) is 0 Å². The molecule has 0 saturated heterocycles. The fourth-order valence-corrected chi connectivity index (χ4v) is 18.3. The Kier molecular flexibility index (Phi) is 35.4. The van der Waals surface area contributed by atoms with Gasteiger partial charge in [-0.1, -0.05) is 259 Å². The van der Waals surface area contributed by atoms with Crippen LogP contribution in [0.5, 0.6) is 46.0 Å². The summed E-state index contributed by atoms with van der Waals surface area (Å²) in [7, 11) is 0. The fourth-order valence-electron chi connectivity index (χ4n) is 15.3. The summed E-state index contributed by atoms with van der Waals surface area (Å²) in [6.07, 6.45) is 48.6. The molecule has 0 radical (unpaired) electrons. The predicted octanol–water partition coefficient (Wildman–Crippen LogP) is 28.5. The number of esters is 2. The monoisotopic (exact) mass is 1540 g/mol. The number of unbranched alkanes of at least 4 members (excludes halogenated alkanes) is 36. The lowest BCUT2D eigenvalue weighted by atomic mass is 10.1. The van der Waals surface area contributed by atoms with Crippen molar-refractivity contribution in [2.75, 3.05) is 26.4 Å². The van der Waals surface area contributed by atoms with Gasteiger partial charge < -0.3 is 47.8 Å². The number of carbonyl (C=O) groups excluding carboxylic acids is 2. The first kappa shape index (κ1) is 84.1. The summed E-state index contributed by atoms with van der Waals surface area (Å²) in [6.45, 7) is 16.7. The van der Waals surface area contributed by atoms with Crippen LogP contribution < -0.4 is 28.4 Å². The predicted molar refractivity (Wildman–Crippen MR) is 457 cm³/mol. The topological polar surface area (TPSA) is 166 Å². The average Bonchev–Trinajstić information content (AvgIpc) is 1.52. The Morgan fingerprint density at radius 2 is 0.642 bits per heavy atom. The van der Waals surface area contributed by atoms with Gasteiger partial charge in [0, 0.05) is 33.6 Å². The van der Waals surface area contributed by atoms with E-state index in [0.29, 0.717) is 49.4 Å².